The fraction of sp³-hybridized carbons (Fsp3) is 0.353. The van der Waals surface area contributed by atoms with Crippen LogP contribution in [-0.2, 0) is 13.0 Å². The Labute approximate surface area is 119 Å². The van der Waals surface area contributed by atoms with Gasteiger partial charge in [-0.1, -0.05) is 12.1 Å². The van der Waals surface area contributed by atoms with Crippen molar-refractivity contribution in [2.24, 2.45) is 0 Å². The predicted octanol–water partition coefficient (Wildman–Crippen LogP) is 3.45. The molecule has 1 aliphatic rings. The number of methoxy groups -OCH3 is 1. The van der Waals surface area contributed by atoms with E-state index in [-0.39, 0.29) is 5.78 Å². The topological polar surface area (TPSA) is 31.2 Å². The maximum absolute atomic E-state index is 12.2. The van der Waals surface area contributed by atoms with Crippen LogP contribution in [-0.4, -0.2) is 17.5 Å². The van der Waals surface area contributed by atoms with Crippen LogP contribution >= 0.6 is 0 Å². The SMILES string of the molecule is COc1ccc(Cn2ccc3c2C(=O)CCCC3)cc1. The van der Waals surface area contributed by atoms with Crippen molar-refractivity contribution < 1.29 is 9.53 Å². The summed E-state index contributed by atoms with van der Waals surface area (Å²) in [7, 11) is 1.67. The molecule has 0 saturated carbocycles. The lowest BCUT2D eigenvalue weighted by Gasteiger charge is -2.09. The zero-order chi connectivity index (χ0) is 13.9. The van der Waals surface area contributed by atoms with Crippen molar-refractivity contribution >= 4 is 5.78 Å². The molecule has 3 nitrogen and oxygen atoms in total. The van der Waals surface area contributed by atoms with E-state index in [9.17, 15) is 4.79 Å². The van der Waals surface area contributed by atoms with Crippen LogP contribution in [0.2, 0.25) is 0 Å². The molecule has 0 bridgehead atoms. The Kier molecular flexibility index (Phi) is 3.59. The van der Waals surface area contributed by atoms with E-state index >= 15 is 0 Å². The highest BCUT2D eigenvalue weighted by atomic mass is 16.5. The van der Waals surface area contributed by atoms with Gasteiger partial charge in [-0.15, -0.1) is 0 Å². The van der Waals surface area contributed by atoms with E-state index in [4.69, 9.17) is 4.74 Å². The van der Waals surface area contributed by atoms with Crippen LogP contribution in [0.3, 0.4) is 0 Å². The molecule has 0 radical (unpaired) electrons. The molecule has 1 aromatic carbocycles. The standard InChI is InChI=1S/C17H19NO2/c1-20-15-8-6-13(7-9-15)12-18-11-10-14-4-2-3-5-16(19)17(14)18/h6-11H,2-5,12H2,1H3. The smallest absolute Gasteiger partial charge is 0.179 e. The van der Waals surface area contributed by atoms with Gasteiger partial charge < -0.3 is 9.30 Å². The van der Waals surface area contributed by atoms with Gasteiger partial charge in [0.15, 0.2) is 5.78 Å². The summed E-state index contributed by atoms with van der Waals surface area (Å²) in [4.78, 5) is 12.2. The van der Waals surface area contributed by atoms with Crippen LogP contribution in [0, 0.1) is 0 Å². The Bertz CT molecular complexity index is 610. The van der Waals surface area contributed by atoms with Gasteiger partial charge in [-0.2, -0.15) is 0 Å². The minimum absolute atomic E-state index is 0.288. The van der Waals surface area contributed by atoms with Crippen LogP contribution in [0.4, 0.5) is 0 Å². The van der Waals surface area contributed by atoms with Crippen LogP contribution in [0.15, 0.2) is 36.5 Å². The van der Waals surface area contributed by atoms with Gasteiger partial charge in [-0.3, -0.25) is 4.79 Å². The molecule has 3 heteroatoms. The second-order valence-corrected chi connectivity index (χ2v) is 5.30. The van der Waals surface area contributed by atoms with E-state index in [1.54, 1.807) is 7.11 Å². The van der Waals surface area contributed by atoms with Gasteiger partial charge in [0, 0.05) is 19.2 Å². The van der Waals surface area contributed by atoms with Crippen molar-refractivity contribution in [1.29, 1.82) is 0 Å². The van der Waals surface area contributed by atoms with Gasteiger partial charge in [-0.25, -0.2) is 0 Å². The average molecular weight is 269 g/mol. The number of carbonyl (C=O) groups excluding carboxylic acids is 1. The lowest BCUT2D eigenvalue weighted by molar-refractivity contribution is 0.0973. The molecule has 0 amide bonds. The lowest BCUT2D eigenvalue weighted by Crippen LogP contribution is -2.10. The predicted molar refractivity (Wildman–Crippen MR) is 78.4 cm³/mol. The average Bonchev–Trinajstić information content (AvgIpc) is 2.77. The fourth-order valence-corrected chi connectivity index (χ4v) is 2.84. The van der Waals surface area contributed by atoms with Gasteiger partial charge in [-0.05, 0) is 48.6 Å². The molecule has 104 valence electrons. The number of hydrogen-bond acceptors (Lipinski definition) is 2. The van der Waals surface area contributed by atoms with Gasteiger partial charge in [0.2, 0.25) is 0 Å². The highest BCUT2D eigenvalue weighted by Gasteiger charge is 2.19. The van der Waals surface area contributed by atoms with Crippen LogP contribution in [0.1, 0.15) is 40.9 Å². The number of hydrogen-bond donors (Lipinski definition) is 0. The fourth-order valence-electron chi connectivity index (χ4n) is 2.84. The third kappa shape index (κ3) is 2.48. The minimum Gasteiger partial charge on any atom is -0.497 e. The monoisotopic (exact) mass is 269 g/mol. The number of rotatable bonds is 3. The van der Waals surface area contributed by atoms with Crippen molar-refractivity contribution in [3.8, 4) is 5.75 Å². The van der Waals surface area contributed by atoms with Crippen LogP contribution in [0.25, 0.3) is 0 Å². The molecule has 0 spiro atoms. The Hall–Kier alpha value is -2.03. The second kappa shape index (κ2) is 5.53. The summed E-state index contributed by atoms with van der Waals surface area (Å²) >= 11 is 0. The molecule has 0 unspecified atom stereocenters. The first-order valence-corrected chi connectivity index (χ1v) is 7.12. The van der Waals surface area contributed by atoms with Gasteiger partial charge >= 0.3 is 0 Å². The Morgan fingerprint density at radius 1 is 1.10 bits per heavy atom. The molecular weight excluding hydrogens is 250 g/mol. The molecule has 0 atom stereocenters. The zero-order valence-electron chi connectivity index (χ0n) is 11.8. The number of benzene rings is 1. The number of aromatic nitrogens is 1. The summed E-state index contributed by atoms with van der Waals surface area (Å²) in [5.74, 6) is 1.15. The maximum atomic E-state index is 12.2. The molecule has 1 aromatic heterocycles. The van der Waals surface area contributed by atoms with Gasteiger partial charge in [0.05, 0.1) is 12.8 Å². The molecule has 2 aromatic rings. The van der Waals surface area contributed by atoms with Crippen molar-refractivity contribution in [3.63, 3.8) is 0 Å². The zero-order valence-corrected chi connectivity index (χ0v) is 11.8. The van der Waals surface area contributed by atoms with E-state index in [0.29, 0.717) is 6.42 Å². The summed E-state index contributed by atoms with van der Waals surface area (Å²) in [5, 5.41) is 0. The van der Waals surface area contributed by atoms with Crippen LogP contribution < -0.4 is 4.74 Å². The summed E-state index contributed by atoms with van der Waals surface area (Å²) < 4.78 is 7.26. The third-order valence-corrected chi connectivity index (χ3v) is 3.92. The number of aryl methyl sites for hydroxylation is 1. The second-order valence-electron chi connectivity index (χ2n) is 5.30. The maximum Gasteiger partial charge on any atom is 0.179 e. The van der Waals surface area contributed by atoms with Crippen molar-refractivity contribution in [2.45, 2.75) is 32.2 Å². The van der Waals surface area contributed by atoms with Crippen molar-refractivity contribution in [1.82, 2.24) is 4.57 Å². The van der Waals surface area contributed by atoms with Crippen molar-refractivity contribution in [3.05, 3.63) is 53.3 Å². The van der Waals surface area contributed by atoms with E-state index in [2.05, 4.69) is 10.6 Å². The summed E-state index contributed by atoms with van der Waals surface area (Å²) in [5.41, 5.74) is 3.31. The molecule has 1 aliphatic carbocycles. The summed E-state index contributed by atoms with van der Waals surface area (Å²) in [6.07, 6.45) is 5.87. The molecule has 0 N–H and O–H groups in total. The van der Waals surface area contributed by atoms with Gasteiger partial charge in [0.25, 0.3) is 0 Å². The van der Waals surface area contributed by atoms with E-state index in [1.165, 1.54) is 11.1 Å². The molecule has 0 saturated heterocycles. The van der Waals surface area contributed by atoms with Crippen LogP contribution in [0.5, 0.6) is 5.75 Å². The molecule has 0 fully saturated rings. The number of ether oxygens (including phenoxy) is 1. The minimum atomic E-state index is 0.288. The molecule has 1 heterocycles. The number of carbonyl (C=O) groups is 1. The molecule has 20 heavy (non-hydrogen) atoms. The normalized spacial score (nSPS) is 14.8. The Morgan fingerprint density at radius 2 is 1.85 bits per heavy atom. The molecule has 3 rings (SSSR count). The van der Waals surface area contributed by atoms with E-state index < -0.39 is 0 Å². The lowest BCUT2D eigenvalue weighted by atomic mass is 10.1. The first kappa shape index (κ1) is 13.0. The first-order chi connectivity index (χ1) is 9.78. The highest BCUT2D eigenvalue weighted by Crippen LogP contribution is 2.23. The number of Topliss-reactive ketones (excluding diaryl/α,β-unsaturated/α-hetero) is 1. The summed E-state index contributed by atoms with van der Waals surface area (Å²) in [6.45, 7) is 0.741. The highest BCUT2D eigenvalue weighted by molar-refractivity contribution is 5.96. The molecular formula is C17H19NO2. The quantitative estimate of drug-likeness (QED) is 0.799. The Morgan fingerprint density at radius 3 is 2.60 bits per heavy atom. The summed E-state index contributed by atoms with van der Waals surface area (Å²) in [6, 6.07) is 10.1. The first-order valence-electron chi connectivity index (χ1n) is 7.12. The van der Waals surface area contributed by atoms with E-state index in [1.807, 2.05) is 30.5 Å². The third-order valence-electron chi connectivity index (χ3n) is 3.92. The van der Waals surface area contributed by atoms with Gasteiger partial charge in [0.1, 0.15) is 5.75 Å². The number of fused-ring (bicyclic) bond motifs is 1. The van der Waals surface area contributed by atoms with E-state index in [0.717, 1.165) is 37.3 Å². The number of nitrogens with zero attached hydrogens (tertiary/aromatic N) is 1. The number of ketones is 1. The largest absolute Gasteiger partial charge is 0.497 e. The Balaban J connectivity index is 1.87. The van der Waals surface area contributed by atoms with Crippen molar-refractivity contribution in [2.75, 3.05) is 7.11 Å². The molecule has 0 aliphatic heterocycles.